The zero-order valence-corrected chi connectivity index (χ0v) is 14.1. The van der Waals surface area contributed by atoms with Gasteiger partial charge in [-0.3, -0.25) is 0 Å². The monoisotopic (exact) mass is 352 g/mol. The zero-order chi connectivity index (χ0) is 17.7. The summed E-state index contributed by atoms with van der Waals surface area (Å²) in [6.45, 7) is 0. The average Bonchev–Trinajstić information content (AvgIpc) is 2.64. The molecule has 3 aromatic rings. The van der Waals surface area contributed by atoms with E-state index in [1.54, 1.807) is 72.8 Å². The highest BCUT2D eigenvalue weighted by Gasteiger charge is 2.30. The topological polar surface area (TPSA) is 66.5 Å². The lowest BCUT2D eigenvalue weighted by molar-refractivity contribution is 0.259. The molecule has 2 amide bonds. The van der Waals surface area contributed by atoms with Crippen LogP contribution in [0.5, 0.6) is 0 Å². The van der Waals surface area contributed by atoms with E-state index in [1.807, 2.05) is 6.07 Å². The SMILES string of the molecule is O=C(Nc1ccccc1)N(c1ccccc1)S(=O)(=O)c1ccccc1. The van der Waals surface area contributed by atoms with E-state index in [2.05, 4.69) is 5.32 Å². The summed E-state index contributed by atoms with van der Waals surface area (Å²) in [6, 6.07) is 24.1. The number of carbonyl (C=O) groups is 1. The molecule has 6 heteroatoms. The Morgan fingerprint density at radius 2 is 1.20 bits per heavy atom. The molecule has 0 spiro atoms. The molecule has 0 aliphatic rings. The van der Waals surface area contributed by atoms with Crippen molar-refractivity contribution in [3.63, 3.8) is 0 Å². The molecule has 0 bridgehead atoms. The highest BCUT2D eigenvalue weighted by molar-refractivity contribution is 7.93. The van der Waals surface area contributed by atoms with E-state index >= 15 is 0 Å². The van der Waals surface area contributed by atoms with Crippen LogP contribution in [0.1, 0.15) is 0 Å². The van der Waals surface area contributed by atoms with Gasteiger partial charge in [-0.2, -0.15) is 4.31 Å². The fourth-order valence-electron chi connectivity index (χ4n) is 2.32. The number of anilines is 2. The molecule has 0 aliphatic carbocycles. The molecule has 0 atom stereocenters. The Labute approximate surface area is 146 Å². The number of hydrogen-bond acceptors (Lipinski definition) is 3. The van der Waals surface area contributed by atoms with Crippen LogP contribution in [0.15, 0.2) is 95.9 Å². The highest BCUT2D eigenvalue weighted by atomic mass is 32.2. The van der Waals surface area contributed by atoms with Gasteiger partial charge in [0, 0.05) is 5.69 Å². The third-order valence-electron chi connectivity index (χ3n) is 3.48. The standard InChI is InChI=1S/C19H16N2O3S/c22-19(20-16-10-4-1-5-11-16)21(17-12-6-2-7-13-17)25(23,24)18-14-8-3-9-15-18/h1-15H,(H,20,22). The van der Waals surface area contributed by atoms with Crippen LogP contribution in [0.2, 0.25) is 0 Å². The van der Waals surface area contributed by atoms with Crippen LogP contribution in [0.3, 0.4) is 0 Å². The molecule has 5 nitrogen and oxygen atoms in total. The van der Waals surface area contributed by atoms with Crippen molar-refractivity contribution in [3.05, 3.63) is 91.0 Å². The molecule has 0 unspecified atom stereocenters. The fraction of sp³-hybridized carbons (Fsp3) is 0. The Bertz CT molecular complexity index is 944. The van der Waals surface area contributed by atoms with Crippen LogP contribution >= 0.6 is 0 Å². The van der Waals surface area contributed by atoms with E-state index in [1.165, 1.54) is 12.1 Å². The molecule has 0 aromatic heterocycles. The molecular weight excluding hydrogens is 336 g/mol. The minimum Gasteiger partial charge on any atom is -0.307 e. The largest absolute Gasteiger partial charge is 0.340 e. The van der Waals surface area contributed by atoms with Crippen molar-refractivity contribution in [1.29, 1.82) is 0 Å². The van der Waals surface area contributed by atoms with Crippen molar-refractivity contribution in [2.75, 3.05) is 9.62 Å². The number of rotatable bonds is 4. The maximum Gasteiger partial charge on any atom is 0.340 e. The van der Waals surface area contributed by atoms with E-state index in [4.69, 9.17) is 0 Å². The number of amides is 2. The van der Waals surface area contributed by atoms with Crippen molar-refractivity contribution in [3.8, 4) is 0 Å². The Kier molecular flexibility index (Phi) is 4.81. The zero-order valence-electron chi connectivity index (χ0n) is 13.2. The smallest absolute Gasteiger partial charge is 0.307 e. The second-order valence-electron chi connectivity index (χ2n) is 5.21. The number of nitrogens with zero attached hydrogens (tertiary/aromatic N) is 1. The molecule has 0 radical (unpaired) electrons. The number of urea groups is 1. The van der Waals surface area contributed by atoms with Crippen molar-refractivity contribution in [2.24, 2.45) is 0 Å². The minimum absolute atomic E-state index is 0.0436. The number of nitrogens with one attached hydrogen (secondary N) is 1. The van der Waals surface area contributed by atoms with Gasteiger partial charge < -0.3 is 5.32 Å². The summed E-state index contributed by atoms with van der Waals surface area (Å²) in [5, 5.41) is 2.62. The van der Waals surface area contributed by atoms with Crippen molar-refractivity contribution in [2.45, 2.75) is 4.90 Å². The lowest BCUT2D eigenvalue weighted by atomic mass is 10.3. The molecular formula is C19H16N2O3S. The Hall–Kier alpha value is -3.12. The van der Waals surface area contributed by atoms with E-state index in [0.717, 1.165) is 4.31 Å². The summed E-state index contributed by atoms with van der Waals surface area (Å²) in [6.07, 6.45) is 0. The first-order valence-corrected chi connectivity index (χ1v) is 9.04. The molecule has 0 heterocycles. The van der Waals surface area contributed by atoms with Gasteiger partial charge in [0.1, 0.15) is 0 Å². The average molecular weight is 352 g/mol. The highest BCUT2D eigenvalue weighted by Crippen LogP contribution is 2.24. The second kappa shape index (κ2) is 7.19. The van der Waals surface area contributed by atoms with Gasteiger partial charge in [0.2, 0.25) is 0 Å². The summed E-state index contributed by atoms with van der Waals surface area (Å²) in [4.78, 5) is 12.8. The summed E-state index contributed by atoms with van der Waals surface area (Å²) in [5.74, 6) is 0. The Morgan fingerprint density at radius 3 is 1.76 bits per heavy atom. The van der Waals surface area contributed by atoms with Gasteiger partial charge >= 0.3 is 6.03 Å². The van der Waals surface area contributed by atoms with Crippen LogP contribution in [-0.2, 0) is 10.0 Å². The molecule has 0 fully saturated rings. The van der Waals surface area contributed by atoms with Crippen LogP contribution < -0.4 is 9.62 Å². The molecule has 0 saturated carbocycles. The molecule has 1 N–H and O–H groups in total. The number of hydrogen-bond donors (Lipinski definition) is 1. The lowest BCUT2D eigenvalue weighted by Gasteiger charge is -2.23. The maximum atomic E-state index is 13.0. The third-order valence-corrected chi connectivity index (χ3v) is 5.21. The maximum absolute atomic E-state index is 13.0. The second-order valence-corrected chi connectivity index (χ2v) is 7.00. The summed E-state index contributed by atoms with van der Waals surface area (Å²) in [7, 11) is -4.05. The van der Waals surface area contributed by atoms with Gasteiger partial charge in [0.25, 0.3) is 10.0 Å². The quantitative estimate of drug-likeness (QED) is 0.768. The van der Waals surface area contributed by atoms with Crippen molar-refractivity contribution >= 4 is 27.4 Å². The van der Waals surface area contributed by atoms with Gasteiger partial charge in [-0.1, -0.05) is 54.6 Å². The predicted octanol–water partition coefficient (Wildman–Crippen LogP) is 4.11. The van der Waals surface area contributed by atoms with Gasteiger partial charge in [-0.25, -0.2) is 13.2 Å². The first kappa shape index (κ1) is 16.7. The Balaban J connectivity index is 2.03. The number of benzene rings is 3. The van der Waals surface area contributed by atoms with Gasteiger partial charge in [-0.15, -0.1) is 0 Å². The number of para-hydroxylation sites is 2. The van der Waals surface area contributed by atoms with E-state index in [-0.39, 0.29) is 10.6 Å². The Morgan fingerprint density at radius 1 is 0.720 bits per heavy atom. The van der Waals surface area contributed by atoms with Crippen LogP contribution in [-0.4, -0.2) is 14.4 Å². The first-order chi connectivity index (χ1) is 12.1. The predicted molar refractivity (Wildman–Crippen MR) is 98.0 cm³/mol. The van der Waals surface area contributed by atoms with Gasteiger partial charge in [-0.05, 0) is 36.4 Å². The minimum atomic E-state index is -4.05. The summed E-state index contributed by atoms with van der Waals surface area (Å²) < 4.78 is 26.8. The molecule has 0 saturated heterocycles. The van der Waals surface area contributed by atoms with Crippen LogP contribution in [0.25, 0.3) is 0 Å². The fourth-order valence-corrected chi connectivity index (χ4v) is 3.70. The molecule has 3 aromatic carbocycles. The van der Waals surface area contributed by atoms with Crippen LogP contribution in [0.4, 0.5) is 16.2 Å². The summed E-state index contributed by atoms with van der Waals surface area (Å²) in [5.41, 5.74) is 0.775. The van der Waals surface area contributed by atoms with Crippen LogP contribution in [0, 0.1) is 0 Å². The first-order valence-electron chi connectivity index (χ1n) is 7.60. The van der Waals surface area contributed by atoms with Gasteiger partial charge in [0.05, 0.1) is 10.6 Å². The molecule has 0 aliphatic heterocycles. The lowest BCUT2D eigenvalue weighted by Crippen LogP contribution is -2.40. The molecule has 25 heavy (non-hydrogen) atoms. The number of sulfonamides is 1. The third kappa shape index (κ3) is 3.70. The van der Waals surface area contributed by atoms with Crippen molar-refractivity contribution < 1.29 is 13.2 Å². The van der Waals surface area contributed by atoms with Gasteiger partial charge in [0.15, 0.2) is 0 Å². The number of carbonyl (C=O) groups excluding carboxylic acids is 1. The molecule has 126 valence electrons. The molecule has 3 rings (SSSR count). The normalized spacial score (nSPS) is 10.9. The van der Waals surface area contributed by atoms with Crippen molar-refractivity contribution in [1.82, 2.24) is 0 Å². The van der Waals surface area contributed by atoms with E-state index in [0.29, 0.717) is 5.69 Å². The van der Waals surface area contributed by atoms with E-state index < -0.39 is 16.1 Å². The van der Waals surface area contributed by atoms with E-state index in [9.17, 15) is 13.2 Å². The summed E-state index contributed by atoms with van der Waals surface area (Å²) >= 11 is 0.